The molecule has 5 heteroatoms. The number of hydrogen-bond acceptors (Lipinski definition) is 4. The van der Waals surface area contributed by atoms with Crippen LogP contribution in [-0.4, -0.2) is 17.2 Å². The van der Waals surface area contributed by atoms with Crippen molar-refractivity contribution in [2.75, 3.05) is 0 Å². The number of rotatable bonds is 3. The Morgan fingerprint density at radius 3 is 2.71 bits per heavy atom. The van der Waals surface area contributed by atoms with Gasteiger partial charge in [0.1, 0.15) is 5.75 Å². The van der Waals surface area contributed by atoms with Crippen LogP contribution in [0.2, 0.25) is 0 Å². The van der Waals surface area contributed by atoms with E-state index in [1.54, 1.807) is 17.6 Å². The van der Waals surface area contributed by atoms with Gasteiger partial charge in [0.05, 0.1) is 6.21 Å². The lowest BCUT2D eigenvalue weighted by Crippen LogP contribution is -2.17. The number of benzene rings is 1. The minimum Gasteiger partial charge on any atom is -0.508 e. The molecule has 4 nitrogen and oxygen atoms in total. The molecule has 0 saturated heterocycles. The molecule has 1 heterocycles. The molecule has 0 aliphatic heterocycles. The Kier molecular flexibility index (Phi) is 3.52. The van der Waals surface area contributed by atoms with Gasteiger partial charge in [-0.15, -0.1) is 0 Å². The number of hydrogen-bond donors (Lipinski definition) is 2. The van der Waals surface area contributed by atoms with Crippen molar-refractivity contribution in [2.45, 2.75) is 0 Å². The zero-order chi connectivity index (χ0) is 12.1. The first-order chi connectivity index (χ1) is 8.25. The van der Waals surface area contributed by atoms with E-state index in [4.69, 9.17) is 5.11 Å². The smallest absolute Gasteiger partial charge is 0.271 e. The van der Waals surface area contributed by atoms with Crippen molar-refractivity contribution < 1.29 is 9.90 Å². The normalized spacial score (nSPS) is 10.6. The van der Waals surface area contributed by atoms with Gasteiger partial charge < -0.3 is 5.11 Å². The Balaban J connectivity index is 1.96. The third kappa shape index (κ3) is 3.15. The average molecular weight is 246 g/mol. The van der Waals surface area contributed by atoms with Gasteiger partial charge >= 0.3 is 0 Å². The predicted octanol–water partition coefficient (Wildman–Crippen LogP) is 2.22. The third-order valence-corrected chi connectivity index (χ3v) is 2.75. The maximum atomic E-state index is 11.6. The van der Waals surface area contributed by atoms with Gasteiger partial charge in [-0.3, -0.25) is 4.79 Å². The molecule has 1 amide bonds. The van der Waals surface area contributed by atoms with Crippen molar-refractivity contribution in [3.05, 3.63) is 52.2 Å². The lowest BCUT2D eigenvalue weighted by Gasteiger charge is -1.99. The van der Waals surface area contributed by atoms with Gasteiger partial charge in [-0.1, -0.05) is 0 Å². The summed E-state index contributed by atoms with van der Waals surface area (Å²) in [4.78, 5) is 11.6. The van der Waals surface area contributed by atoms with E-state index < -0.39 is 0 Å². The number of thiophene rings is 1. The average Bonchev–Trinajstić information content (AvgIpc) is 2.83. The number of aromatic hydroxyl groups is 1. The molecule has 17 heavy (non-hydrogen) atoms. The number of phenolic OH excluding ortho intramolecular Hbond substituents is 1. The summed E-state index contributed by atoms with van der Waals surface area (Å²) < 4.78 is 0. The number of carbonyl (C=O) groups excluding carboxylic acids is 1. The first-order valence-corrected chi connectivity index (χ1v) is 5.84. The van der Waals surface area contributed by atoms with Crippen molar-refractivity contribution in [1.29, 1.82) is 0 Å². The summed E-state index contributed by atoms with van der Waals surface area (Å²) in [5, 5.41) is 16.8. The SMILES string of the molecule is O=C(N/N=C\c1ccsc1)c1ccc(O)cc1. The third-order valence-electron chi connectivity index (χ3n) is 2.05. The fourth-order valence-electron chi connectivity index (χ4n) is 1.19. The van der Waals surface area contributed by atoms with E-state index in [0.29, 0.717) is 5.56 Å². The second-order valence-corrected chi connectivity index (χ2v) is 4.08. The molecule has 0 bridgehead atoms. The van der Waals surface area contributed by atoms with E-state index in [9.17, 15) is 4.79 Å². The van der Waals surface area contributed by atoms with Crippen LogP contribution in [0.1, 0.15) is 15.9 Å². The molecular formula is C12H10N2O2S. The van der Waals surface area contributed by atoms with E-state index in [1.165, 1.54) is 24.3 Å². The van der Waals surface area contributed by atoms with Gasteiger partial charge in [-0.25, -0.2) is 5.43 Å². The van der Waals surface area contributed by atoms with Gasteiger partial charge in [0.2, 0.25) is 0 Å². The Bertz CT molecular complexity index is 518. The van der Waals surface area contributed by atoms with E-state index in [-0.39, 0.29) is 11.7 Å². The summed E-state index contributed by atoms with van der Waals surface area (Å²) in [6.07, 6.45) is 1.58. The van der Waals surface area contributed by atoms with Gasteiger partial charge in [0, 0.05) is 11.1 Å². The van der Waals surface area contributed by atoms with Crippen LogP contribution in [0.15, 0.2) is 46.2 Å². The number of nitrogens with one attached hydrogen (secondary N) is 1. The quantitative estimate of drug-likeness (QED) is 0.644. The standard InChI is InChI=1S/C12H10N2O2S/c15-11-3-1-10(2-4-11)12(16)14-13-7-9-5-6-17-8-9/h1-8,15H,(H,14,16)/b13-7-. The molecule has 0 fully saturated rings. The van der Waals surface area contributed by atoms with Gasteiger partial charge in [0.15, 0.2) is 0 Å². The van der Waals surface area contributed by atoms with Crippen LogP contribution in [-0.2, 0) is 0 Å². The van der Waals surface area contributed by atoms with E-state index >= 15 is 0 Å². The maximum absolute atomic E-state index is 11.6. The minimum absolute atomic E-state index is 0.128. The molecule has 2 rings (SSSR count). The summed E-state index contributed by atoms with van der Waals surface area (Å²) in [5.74, 6) is -0.181. The second kappa shape index (κ2) is 5.27. The number of carbonyl (C=O) groups is 1. The van der Waals surface area contributed by atoms with Crippen molar-refractivity contribution in [3.63, 3.8) is 0 Å². The van der Waals surface area contributed by atoms with E-state index in [0.717, 1.165) is 5.56 Å². The topological polar surface area (TPSA) is 61.7 Å². The molecule has 2 N–H and O–H groups in total. The fourth-order valence-corrected chi connectivity index (χ4v) is 1.80. The number of hydrazone groups is 1. The van der Waals surface area contributed by atoms with Crippen LogP contribution in [0.25, 0.3) is 0 Å². The molecule has 0 atom stereocenters. The highest BCUT2D eigenvalue weighted by atomic mass is 32.1. The van der Waals surface area contributed by atoms with Crippen LogP contribution in [0, 0.1) is 0 Å². The van der Waals surface area contributed by atoms with Gasteiger partial charge in [-0.05, 0) is 41.1 Å². The van der Waals surface area contributed by atoms with Crippen molar-refractivity contribution in [2.24, 2.45) is 5.10 Å². The number of phenols is 1. The lowest BCUT2D eigenvalue weighted by atomic mass is 10.2. The summed E-state index contributed by atoms with van der Waals surface area (Å²) in [7, 11) is 0. The highest BCUT2D eigenvalue weighted by Gasteiger charge is 2.02. The molecule has 0 unspecified atom stereocenters. The Morgan fingerprint density at radius 1 is 1.29 bits per heavy atom. The zero-order valence-corrected chi connectivity index (χ0v) is 9.65. The van der Waals surface area contributed by atoms with Gasteiger partial charge in [-0.2, -0.15) is 16.4 Å². The first-order valence-electron chi connectivity index (χ1n) is 4.90. The first kappa shape index (κ1) is 11.3. The molecule has 0 aliphatic rings. The fraction of sp³-hybridized carbons (Fsp3) is 0. The van der Waals surface area contributed by atoms with Crippen molar-refractivity contribution >= 4 is 23.5 Å². The lowest BCUT2D eigenvalue weighted by molar-refractivity contribution is 0.0955. The maximum Gasteiger partial charge on any atom is 0.271 e. The molecular weight excluding hydrogens is 236 g/mol. The van der Waals surface area contributed by atoms with Crippen molar-refractivity contribution in [3.8, 4) is 5.75 Å². The van der Waals surface area contributed by atoms with Crippen LogP contribution >= 0.6 is 11.3 Å². The molecule has 1 aromatic carbocycles. The van der Waals surface area contributed by atoms with Gasteiger partial charge in [0.25, 0.3) is 5.91 Å². The second-order valence-electron chi connectivity index (χ2n) is 3.30. The minimum atomic E-state index is -0.309. The van der Waals surface area contributed by atoms with E-state index in [1.807, 2.05) is 16.8 Å². The zero-order valence-electron chi connectivity index (χ0n) is 8.83. The number of nitrogens with zero attached hydrogens (tertiary/aromatic N) is 1. The van der Waals surface area contributed by atoms with E-state index in [2.05, 4.69) is 10.5 Å². The largest absolute Gasteiger partial charge is 0.508 e. The summed E-state index contributed by atoms with van der Waals surface area (Å²) in [6.45, 7) is 0. The molecule has 1 aromatic heterocycles. The summed E-state index contributed by atoms with van der Waals surface area (Å²) in [6, 6.07) is 7.88. The molecule has 0 aliphatic carbocycles. The molecule has 0 saturated carbocycles. The molecule has 2 aromatic rings. The summed E-state index contributed by atoms with van der Waals surface area (Å²) >= 11 is 1.56. The highest BCUT2D eigenvalue weighted by molar-refractivity contribution is 7.08. The molecule has 0 radical (unpaired) electrons. The number of amides is 1. The Hall–Kier alpha value is -2.14. The van der Waals surface area contributed by atoms with Crippen LogP contribution in [0.3, 0.4) is 0 Å². The van der Waals surface area contributed by atoms with Crippen LogP contribution in [0.4, 0.5) is 0 Å². The van der Waals surface area contributed by atoms with Crippen LogP contribution in [0.5, 0.6) is 5.75 Å². The summed E-state index contributed by atoms with van der Waals surface area (Å²) in [5.41, 5.74) is 3.80. The monoisotopic (exact) mass is 246 g/mol. The van der Waals surface area contributed by atoms with Crippen molar-refractivity contribution in [1.82, 2.24) is 5.43 Å². The highest BCUT2D eigenvalue weighted by Crippen LogP contribution is 2.09. The Morgan fingerprint density at radius 2 is 2.06 bits per heavy atom. The predicted molar refractivity (Wildman–Crippen MR) is 67.5 cm³/mol. The Labute approximate surface area is 102 Å². The molecule has 86 valence electrons. The molecule has 0 spiro atoms. The van der Waals surface area contributed by atoms with Crippen LogP contribution < -0.4 is 5.43 Å².